The Labute approximate surface area is 403 Å². The largest absolute Gasteiger partial charge is 0.494 e. The molecule has 2 heterocycles. The molecule has 0 saturated carbocycles. The standard InChI is InChI=1S/C43H67N11O12S2/c1-6-23(3)34-39(61)52-35(24(4)55)40(62)49-29(21-32(45)56)36(58)50-30(42(64)54-18-9-11-31(54)38(60)48-27(10-8-17-44)41(63)53(5)43(46)65)22-68-67-19-16-33(57)47-28(37(59)51-34)20-25-12-14-26(15-13-25)66-7-2/h12-15,23-24,27-31,34-35,55H,6-11,16-22,44H2,1-5H3,(H2,45,56)(H2,46,65)(H,47,57)(H,48,60)(H,49,62)(H,50,58)(H,51,59)(H,52,61)/t23-,24-,27-,28+,29-,30+,31-,34-,35-/m0/s1. The first kappa shape index (κ1) is 56.7. The van der Waals surface area contributed by atoms with Crippen molar-refractivity contribution >= 4 is 80.8 Å². The van der Waals surface area contributed by atoms with Gasteiger partial charge in [-0.2, -0.15) is 0 Å². The minimum Gasteiger partial charge on any atom is -0.494 e. The molecule has 2 aliphatic heterocycles. The molecule has 3 rings (SSSR count). The Morgan fingerprint density at radius 3 is 2.15 bits per heavy atom. The average molecular weight is 994 g/mol. The minimum absolute atomic E-state index is 0.0226. The van der Waals surface area contributed by atoms with Crippen LogP contribution in [0.2, 0.25) is 0 Å². The van der Waals surface area contributed by atoms with Crippen molar-refractivity contribution in [1.29, 1.82) is 0 Å². The molecule has 25 heteroatoms. The summed E-state index contributed by atoms with van der Waals surface area (Å²) in [6, 6.07) is -3.80. The van der Waals surface area contributed by atoms with Crippen LogP contribution in [0, 0.1) is 5.92 Å². The summed E-state index contributed by atoms with van der Waals surface area (Å²) < 4.78 is 5.53. The molecule has 23 nitrogen and oxygen atoms in total. The first-order valence-electron chi connectivity index (χ1n) is 22.5. The number of likely N-dealkylation sites (N-methyl/N-ethyl adjacent to an activating group) is 1. The third-order valence-electron chi connectivity index (χ3n) is 11.4. The van der Waals surface area contributed by atoms with Gasteiger partial charge in [-0.3, -0.25) is 48.1 Å². The SMILES string of the molecule is CCOc1ccc(C[C@H]2NC(=O)CCSSC[C@H](C(=O)N3CCC[C@H]3C(=O)N[C@@H](CCCN)C(=O)N(C)C(N)=O)NC(=O)[C@H](CC(N)=O)NC(=O)[C@H]([C@H](C)O)NC(=O)[C@H]([C@@H](C)CC)NC2=O)cc1. The zero-order valence-corrected chi connectivity index (χ0v) is 40.7. The minimum atomic E-state index is -1.74. The molecule has 1 aromatic rings. The van der Waals surface area contributed by atoms with Gasteiger partial charge in [0.2, 0.25) is 47.3 Å². The molecule has 0 radical (unpaired) electrons. The Kier molecular flexibility index (Phi) is 23.3. The van der Waals surface area contributed by atoms with Crippen molar-refractivity contribution in [2.75, 3.05) is 38.2 Å². The number of nitrogens with one attached hydrogen (secondary N) is 6. The van der Waals surface area contributed by atoms with E-state index in [1.807, 2.05) is 6.92 Å². The molecular weight excluding hydrogens is 927 g/mol. The zero-order valence-electron chi connectivity index (χ0n) is 39.1. The first-order chi connectivity index (χ1) is 32.2. The summed E-state index contributed by atoms with van der Waals surface area (Å²) in [6.45, 7) is 7.15. The lowest BCUT2D eigenvalue weighted by molar-refractivity contribution is -0.142. The van der Waals surface area contributed by atoms with E-state index in [0.717, 1.165) is 28.6 Å². The van der Waals surface area contributed by atoms with E-state index >= 15 is 0 Å². The number of amides is 11. The van der Waals surface area contributed by atoms with Crippen molar-refractivity contribution in [2.45, 2.75) is 127 Å². The first-order valence-corrected chi connectivity index (χ1v) is 25.0. The van der Waals surface area contributed by atoms with Crippen molar-refractivity contribution in [1.82, 2.24) is 41.7 Å². The quantitative estimate of drug-likeness (QED) is 0.0793. The van der Waals surface area contributed by atoms with Gasteiger partial charge in [0.05, 0.1) is 19.1 Å². The molecule has 0 aromatic heterocycles. The topological polar surface area (TPSA) is 357 Å². The Bertz CT molecular complexity index is 1960. The van der Waals surface area contributed by atoms with E-state index in [4.69, 9.17) is 21.9 Å². The Hall–Kier alpha value is -5.66. The van der Waals surface area contributed by atoms with E-state index in [9.17, 15) is 53.1 Å². The number of aliphatic hydroxyl groups excluding tert-OH is 1. The van der Waals surface area contributed by atoms with Crippen molar-refractivity contribution in [3.05, 3.63) is 29.8 Å². The van der Waals surface area contributed by atoms with Crippen LogP contribution in [0.5, 0.6) is 5.75 Å². The van der Waals surface area contributed by atoms with Gasteiger partial charge >= 0.3 is 6.03 Å². The predicted octanol–water partition coefficient (Wildman–Crippen LogP) is -2.11. The number of ether oxygens (including phenoxy) is 1. The van der Waals surface area contributed by atoms with Crippen molar-refractivity contribution < 1.29 is 57.8 Å². The molecule has 13 N–H and O–H groups in total. The summed E-state index contributed by atoms with van der Waals surface area (Å²) in [5.74, 6) is -7.44. The van der Waals surface area contributed by atoms with Gasteiger partial charge in [0, 0.05) is 37.9 Å². The number of hydrogen-bond donors (Lipinski definition) is 10. The molecule has 2 aliphatic rings. The van der Waals surface area contributed by atoms with Gasteiger partial charge in [0.25, 0.3) is 5.91 Å². The van der Waals surface area contributed by atoms with Gasteiger partial charge in [0.1, 0.15) is 48.0 Å². The van der Waals surface area contributed by atoms with E-state index in [1.54, 1.807) is 38.1 Å². The van der Waals surface area contributed by atoms with Crippen LogP contribution < -0.4 is 53.8 Å². The van der Waals surface area contributed by atoms with Gasteiger partial charge in [-0.05, 0) is 69.7 Å². The number of nitrogens with two attached hydrogens (primary N) is 3. The fraction of sp³-hybridized carbons (Fsp3) is 0.628. The predicted molar refractivity (Wildman–Crippen MR) is 253 cm³/mol. The van der Waals surface area contributed by atoms with E-state index < -0.39 is 120 Å². The van der Waals surface area contributed by atoms with Crippen LogP contribution in [-0.2, 0) is 49.6 Å². The third kappa shape index (κ3) is 17.1. The normalized spacial score (nSPS) is 23.8. The van der Waals surface area contributed by atoms with Crippen LogP contribution >= 0.6 is 21.6 Å². The highest BCUT2D eigenvalue weighted by Crippen LogP contribution is 2.26. The number of carbonyl (C=O) groups excluding carboxylic acids is 10. The summed E-state index contributed by atoms with van der Waals surface area (Å²) in [7, 11) is 3.41. The van der Waals surface area contributed by atoms with E-state index in [1.165, 1.54) is 11.8 Å². The summed E-state index contributed by atoms with van der Waals surface area (Å²) in [6.07, 6.45) is -1.18. The average Bonchev–Trinajstić information content (AvgIpc) is 3.79. The lowest BCUT2D eigenvalue weighted by Gasteiger charge is -2.31. The van der Waals surface area contributed by atoms with Crippen LogP contribution in [0.1, 0.15) is 78.2 Å². The van der Waals surface area contributed by atoms with Gasteiger partial charge in [0.15, 0.2) is 0 Å². The van der Waals surface area contributed by atoms with Gasteiger partial charge in [-0.25, -0.2) is 4.79 Å². The zero-order chi connectivity index (χ0) is 50.7. The molecule has 378 valence electrons. The highest BCUT2D eigenvalue weighted by Gasteiger charge is 2.41. The van der Waals surface area contributed by atoms with Crippen LogP contribution in [0.4, 0.5) is 4.79 Å². The molecule has 9 atom stereocenters. The smallest absolute Gasteiger partial charge is 0.321 e. The number of primary amides is 2. The molecule has 2 saturated heterocycles. The molecule has 0 bridgehead atoms. The highest BCUT2D eigenvalue weighted by atomic mass is 33.1. The van der Waals surface area contributed by atoms with Crippen molar-refractivity contribution in [2.24, 2.45) is 23.1 Å². The van der Waals surface area contributed by atoms with Gasteiger partial charge in [-0.15, -0.1) is 0 Å². The van der Waals surface area contributed by atoms with Crippen molar-refractivity contribution in [3.8, 4) is 5.75 Å². The second-order valence-corrected chi connectivity index (χ2v) is 19.2. The lowest BCUT2D eigenvalue weighted by atomic mass is 9.96. The molecule has 11 amide bonds. The number of rotatable bonds is 16. The number of benzene rings is 1. The number of urea groups is 1. The van der Waals surface area contributed by atoms with E-state index in [0.29, 0.717) is 42.1 Å². The second kappa shape index (κ2) is 28.0. The molecule has 0 aliphatic carbocycles. The highest BCUT2D eigenvalue weighted by molar-refractivity contribution is 8.76. The summed E-state index contributed by atoms with van der Waals surface area (Å²) in [4.78, 5) is 137. The van der Waals surface area contributed by atoms with Crippen LogP contribution in [0.25, 0.3) is 0 Å². The molecule has 2 fully saturated rings. The Balaban J connectivity index is 2.00. The second-order valence-electron chi connectivity index (χ2n) is 16.6. The monoisotopic (exact) mass is 993 g/mol. The number of hydrogen-bond acceptors (Lipinski definition) is 15. The molecule has 0 spiro atoms. The van der Waals surface area contributed by atoms with E-state index in [-0.39, 0.29) is 50.3 Å². The number of imide groups is 1. The van der Waals surface area contributed by atoms with Gasteiger partial charge < -0.3 is 63.8 Å². The van der Waals surface area contributed by atoms with Crippen LogP contribution in [0.15, 0.2) is 24.3 Å². The molecule has 1 aromatic carbocycles. The van der Waals surface area contributed by atoms with Crippen LogP contribution in [0.3, 0.4) is 0 Å². The number of carbonyl (C=O) groups is 10. The maximum Gasteiger partial charge on any atom is 0.321 e. The third-order valence-corrected chi connectivity index (χ3v) is 13.8. The molecule has 68 heavy (non-hydrogen) atoms. The van der Waals surface area contributed by atoms with E-state index in [2.05, 4.69) is 31.9 Å². The molecule has 0 unspecified atom stereocenters. The number of aliphatic hydroxyl groups is 1. The number of nitrogens with zero attached hydrogens (tertiary/aromatic N) is 2. The summed E-state index contributed by atoms with van der Waals surface area (Å²) >= 11 is 0. The summed E-state index contributed by atoms with van der Waals surface area (Å²) in [5, 5.41) is 26.3. The number of likely N-dealkylation sites (tertiary alicyclic amines) is 1. The summed E-state index contributed by atoms with van der Waals surface area (Å²) in [5.41, 5.74) is 17.1. The Morgan fingerprint density at radius 1 is 0.897 bits per heavy atom. The van der Waals surface area contributed by atoms with Crippen molar-refractivity contribution in [3.63, 3.8) is 0 Å². The van der Waals surface area contributed by atoms with Crippen LogP contribution in [-0.4, -0.2) is 161 Å². The lowest BCUT2D eigenvalue weighted by Crippen LogP contribution is -2.63. The Morgan fingerprint density at radius 2 is 1.54 bits per heavy atom. The fourth-order valence-corrected chi connectivity index (χ4v) is 9.47. The maximum absolute atomic E-state index is 14.4. The molecular formula is C43H67N11O12S2. The van der Waals surface area contributed by atoms with Gasteiger partial charge in [-0.1, -0.05) is 54.0 Å². The maximum atomic E-state index is 14.4. The fourth-order valence-electron chi connectivity index (χ4n) is 7.33.